The van der Waals surface area contributed by atoms with Gasteiger partial charge in [-0.3, -0.25) is 0 Å². The molecule has 0 unspecified atom stereocenters. The van der Waals surface area contributed by atoms with Gasteiger partial charge in [-0.15, -0.1) is 0 Å². The molecule has 0 N–H and O–H groups in total. The third-order valence-corrected chi connectivity index (χ3v) is 3.10. The van der Waals surface area contributed by atoms with E-state index in [0.29, 0.717) is 0 Å². The van der Waals surface area contributed by atoms with Crippen LogP contribution in [-0.2, 0) is 9.05 Å². The molecule has 0 aromatic heterocycles. The van der Waals surface area contributed by atoms with Crippen molar-refractivity contribution in [3.63, 3.8) is 0 Å². The van der Waals surface area contributed by atoms with E-state index in [2.05, 4.69) is 4.74 Å². The van der Waals surface area contributed by atoms with Crippen LogP contribution < -0.4 is 4.74 Å². The molecule has 1 aromatic carbocycles. The lowest BCUT2D eigenvalue weighted by Gasteiger charge is -2.10. The molecule has 0 atom stereocenters. The lowest BCUT2D eigenvalue weighted by atomic mass is 10.2. The molecule has 0 fully saturated rings. The summed E-state index contributed by atoms with van der Waals surface area (Å²) in [5.41, 5.74) is -0.346. The minimum Gasteiger partial charge on any atom is -0.483 e. The summed E-state index contributed by atoms with van der Waals surface area (Å²) >= 11 is 0. The second-order valence-electron chi connectivity index (χ2n) is 3.11. The molecular formula is C9H5ClF3NO3S. The monoisotopic (exact) mass is 299 g/mol. The lowest BCUT2D eigenvalue weighted by Crippen LogP contribution is -2.19. The lowest BCUT2D eigenvalue weighted by molar-refractivity contribution is -0.153. The van der Waals surface area contributed by atoms with Gasteiger partial charge in [0.25, 0.3) is 9.05 Å². The van der Waals surface area contributed by atoms with Crippen molar-refractivity contribution in [2.24, 2.45) is 0 Å². The van der Waals surface area contributed by atoms with Crippen molar-refractivity contribution < 1.29 is 26.3 Å². The fraction of sp³-hybridized carbons (Fsp3) is 0.222. The van der Waals surface area contributed by atoms with E-state index < -0.39 is 21.8 Å². The van der Waals surface area contributed by atoms with Crippen molar-refractivity contribution in [2.75, 3.05) is 6.61 Å². The van der Waals surface area contributed by atoms with Gasteiger partial charge in [0.1, 0.15) is 11.8 Å². The Hall–Kier alpha value is -1.46. The zero-order valence-corrected chi connectivity index (χ0v) is 10.1. The Bertz CT molecular complexity index is 592. The highest BCUT2D eigenvalue weighted by atomic mass is 35.7. The third kappa shape index (κ3) is 4.09. The molecule has 4 nitrogen and oxygen atoms in total. The highest BCUT2D eigenvalue weighted by Crippen LogP contribution is 2.25. The molecule has 0 radical (unpaired) electrons. The minimum atomic E-state index is -4.55. The summed E-state index contributed by atoms with van der Waals surface area (Å²) in [6.45, 7) is -1.57. The molecule has 18 heavy (non-hydrogen) atoms. The van der Waals surface area contributed by atoms with Crippen molar-refractivity contribution in [1.82, 2.24) is 0 Å². The molecule has 0 amide bonds. The molecule has 0 saturated heterocycles. The van der Waals surface area contributed by atoms with Crippen LogP contribution in [0, 0.1) is 11.3 Å². The number of nitriles is 1. The molecular weight excluding hydrogens is 295 g/mol. The maximum absolute atomic E-state index is 11.9. The average molecular weight is 300 g/mol. The van der Waals surface area contributed by atoms with Crippen molar-refractivity contribution in [1.29, 1.82) is 5.26 Å². The number of alkyl halides is 3. The van der Waals surface area contributed by atoms with E-state index in [1.807, 2.05) is 0 Å². The van der Waals surface area contributed by atoms with Crippen LogP contribution in [0.3, 0.4) is 0 Å². The number of nitrogens with zero attached hydrogens (tertiary/aromatic N) is 1. The first kappa shape index (κ1) is 14.6. The number of halogens is 4. The highest BCUT2D eigenvalue weighted by molar-refractivity contribution is 8.13. The predicted molar refractivity (Wildman–Crippen MR) is 55.7 cm³/mol. The van der Waals surface area contributed by atoms with Gasteiger partial charge in [-0.25, -0.2) is 8.42 Å². The van der Waals surface area contributed by atoms with E-state index in [9.17, 15) is 21.6 Å². The summed E-state index contributed by atoms with van der Waals surface area (Å²) in [6.07, 6.45) is -4.55. The van der Waals surface area contributed by atoms with Gasteiger partial charge in [0.15, 0.2) is 6.61 Å². The van der Waals surface area contributed by atoms with E-state index in [0.717, 1.165) is 18.2 Å². The summed E-state index contributed by atoms with van der Waals surface area (Å²) < 4.78 is 62.1. The van der Waals surface area contributed by atoms with E-state index in [4.69, 9.17) is 15.9 Å². The van der Waals surface area contributed by atoms with Crippen LogP contribution in [0.25, 0.3) is 0 Å². The van der Waals surface area contributed by atoms with Gasteiger partial charge in [-0.1, -0.05) is 0 Å². The molecule has 0 saturated carbocycles. The Kier molecular flexibility index (Phi) is 4.09. The third-order valence-electron chi connectivity index (χ3n) is 1.74. The second kappa shape index (κ2) is 5.04. The Morgan fingerprint density at radius 1 is 1.39 bits per heavy atom. The molecule has 9 heteroatoms. The fourth-order valence-electron chi connectivity index (χ4n) is 1.03. The summed E-state index contributed by atoms with van der Waals surface area (Å²) in [5, 5.41) is 8.69. The first-order valence-electron chi connectivity index (χ1n) is 4.32. The Balaban J connectivity index is 3.07. The number of rotatable bonds is 3. The largest absolute Gasteiger partial charge is 0.483 e. The molecule has 98 valence electrons. The van der Waals surface area contributed by atoms with Crippen LogP contribution in [0.1, 0.15) is 5.56 Å². The van der Waals surface area contributed by atoms with Crippen molar-refractivity contribution in [3.8, 4) is 11.8 Å². The molecule has 0 heterocycles. The molecule has 0 spiro atoms. The smallest absolute Gasteiger partial charge is 0.422 e. The Labute approximate surface area is 105 Å². The topological polar surface area (TPSA) is 67.2 Å². The number of benzene rings is 1. The van der Waals surface area contributed by atoms with Gasteiger partial charge >= 0.3 is 6.18 Å². The molecule has 0 aliphatic rings. The Morgan fingerprint density at radius 2 is 2.00 bits per heavy atom. The van der Waals surface area contributed by atoms with Gasteiger partial charge in [-0.05, 0) is 18.2 Å². The van der Waals surface area contributed by atoms with Crippen LogP contribution >= 0.6 is 10.7 Å². The molecule has 0 aliphatic carbocycles. The predicted octanol–water partition coefficient (Wildman–Crippen LogP) is 2.43. The number of hydrogen-bond acceptors (Lipinski definition) is 4. The Morgan fingerprint density at radius 3 is 2.44 bits per heavy atom. The van der Waals surface area contributed by atoms with Crippen LogP contribution in [0.2, 0.25) is 0 Å². The molecule has 1 rings (SSSR count). The summed E-state index contributed by atoms with van der Waals surface area (Å²) in [4.78, 5) is -0.389. The van der Waals surface area contributed by atoms with Gasteiger partial charge in [-0.2, -0.15) is 18.4 Å². The van der Waals surface area contributed by atoms with E-state index >= 15 is 0 Å². The standard InChI is InChI=1S/C9H5ClF3NO3S/c10-18(15,16)7-1-2-8(6(3-7)4-14)17-5-9(11,12)13/h1-3H,5H2. The van der Waals surface area contributed by atoms with Gasteiger partial charge in [0.2, 0.25) is 0 Å². The van der Waals surface area contributed by atoms with Crippen molar-refractivity contribution in [2.45, 2.75) is 11.1 Å². The summed E-state index contributed by atoms with van der Waals surface area (Å²) in [7, 11) is 0.979. The highest BCUT2D eigenvalue weighted by Gasteiger charge is 2.29. The molecule has 1 aromatic rings. The van der Waals surface area contributed by atoms with E-state index in [-0.39, 0.29) is 16.2 Å². The van der Waals surface area contributed by atoms with Crippen LogP contribution in [0.4, 0.5) is 13.2 Å². The fourth-order valence-corrected chi connectivity index (χ4v) is 1.81. The van der Waals surface area contributed by atoms with Crippen LogP contribution in [-0.4, -0.2) is 21.2 Å². The van der Waals surface area contributed by atoms with Crippen LogP contribution in [0.5, 0.6) is 5.75 Å². The van der Waals surface area contributed by atoms with Crippen LogP contribution in [0.15, 0.2) is 23.1 Å². The van der Waals surface area contributed by atoms with Gasteiger partial charge in [0.05, 0.1) is 10.5 Å². The number of hydrogen-bond donors (Lipinski definition) is 0. The average Bonchev–Trinajstić information content (AvgIpc) is 2.23. The maximum Gasteiger partial charge on any atom is 0.422 e. The SMILES string of the molecule is N#Cc1cc(S(=O)(=O)Cl)ccc1OCC(F)(F)F. The normalized spacial score (nSPS) is 11.9. The van der Waals surface area contributed by atoms with Crippen molar-refractivity contribution >= 4 is 19.7 Å². The quantitative estimate of drug-likeness (QED) is 0.804. The van der Waals surface area contributed by atoms with Crippen molar-refractivity contribution in [3.05, 3.63) is 23.8 Å². The molecule has 0 bridgehead atoms. The first-order chi connectivity index (χ1) is 8.13. The minimum absolute atomic E-state index is 0.346. The zero-order valence-electron chi connectivity index (χ0n) is 8.53. The van der Waals surface area contributed by atoms with E-state index in [1.54, 1.807) is 0 Å². The maximum atomic E-state index is 11.9. The summed E-state index contributed by atoms with van der Waals surface area (Å²) in [5.74, 6) is -0.362. The zero-order chi connectivity index (χ0) is 14.0. The number of ether oxygens (including phenoxy) is 1. The first-order valence-corrected chi connectivity index (χ1v) is 6.63. The second-order valence-corrected chi connectivity index (χ2v) is 5.68. The van der Waals surface area contributed by atoms with Gasteiger partial charge in [0, 0.05) is 10.7 Å². The van der Waals surface area contributed by atoms with Gasteiger partial charge < -0.3 is 4.74 Å². The molecule has 0 aliphatic heterocycles. The summed E-state index contributed by atoms with van der Waals surface area (Å²) in [6, 6.07) is 4.27. The van der Waals surface area contributed by atoms with E-state index in [1.165, 1.54) is 6.07 Å².